The number of anilines is 2. The van der Waals surface area contributed by atoms with E-state index in [0.717, 1.165) is 13.1 Å². The number of piperidine rings is 1. The van der Waals surface area contributed by atoms with E-state index < -0.39 is 12.2 Å². The fraction of sp³-hybridized carbons (Fsp3) is 0.529. The fourth-order valence-corrected chi connectivity index (χ4v) is 3.79. The van der Waals surface area contributed by atoms with Gasteiger partial charge in [-0.25, -0.2) is 9.18 Å². The van der Waals surface area contributed by atoms with Crippen molar-refractivity contribution in [3.63, 3.8) is 0 Å². The second-order valence-electron chi connectivity index (χ2n) is 7.00. The Labute approximate surface area is 144 Å². The van der Waals surface area contributed by atoms with Gasteiger partial charge in [-0.15, -0.1) is 0 Å². The summed E-state index contributed by atoms with van der Waals surface area (Å²) < 4.78 is 19.8. The average Bonchev–Trinajstić information content (AvgIpc) is 2.95. The van der Waals surface area contributed by atoms with Gasteiger partial charge in [-0.3, -0.25) is 9.69 Å². The lowest BCUT2D eigenvalue weighted by atomic mass is 10.2. The van der Waals surface area contributed by atoms with E-state index in [9.17, 15) is 14.0 Å². The van der Waals surface area contributed by atoms with Crippen molar-refractivity contribution >= 4 is 23.4 Å². The van der Waals surface area contributed by atoms with E-state index in [1.165, 1.54) is 17.9 Å². The summed E-state index contributed by atoms with van der Waals surface area (Å²) in [7, 11) is 0. The molecule has 1 aliphatic carbocycles. The monoisotopic (exact) mass is 348 g/mol. The van der Waals surface area contributed by atoms with Crippen LogP contribution in [0.4, 0.5) is 20.6 Å². The number of ether oxygens (including phenoxy) is 1. The molecule has 134 valence electrons. The van der Waals surface area contributed by atoms with Crippen molar-refractivity contribution in [3.05, 3.63) is 24.0 Å². The van der Waals surface area contributed by atoms with Crippen LogP contribution in [0.2, 0.25) is 0 Å². The summed E-state index contributed by atoms with van der Waals surface area (Å²) in [5, 5.41) is 2.62. The molecule has 0 aromatic heterocycles. The van der Waals surface area contributed by atoms with Gasteiger partial charge >= 0.3 is 6.09 Å². The highest BCUT2D eigenvalue weighted by molar-refractivity contribution is 5.90. The smallest absolute Gasteiger partial charge is 0.414 e. The molecular formula is C17H21FN4O3. The predicted octanol–water partition coefficient (Wildman–Crippen LogP) is 0.680. The number of nitrogens with two attached hydrogens (primary N) is 1. The van der Waals surface area contributed by atoms with Gasteiger partial charge in [0.25, 0.3) is 0 Å². The Kier molecular flexibility index (Phi) is 3.79. The molecule has 2 heterocycles. The quantitative estimate of drug-likeness (QED) is 0.835. The minimum Gasteiger partial charge on any atom is -0.442 e. The summed E-state index contributed by atoms with van der Waals surface area (Å²) in [5.41, 5.74) is 6.93. The van der Waals surface area contributed by atoms with E-state index in [-0.39, 0.29) is 30.9 Å². The molecule has 2 aliphatic heterocycles. The van der Waals surface area contributed by atoms with Gasteiger partial charge in [0.05, 0.1) is 24.5 Å². The van der Waals surface area contributed by atoms with Crippen LogP contribution in [0.1, 0.15) is 6.92 Å². The van der Waals surface area contributed by atoms with E-state index in [0.29, 0.717) is 23.2 Å². The Balaban J connectivity index is 1.44. The number of fused-ring (bicyclic) bond motifs is 1. The van der Waals surface area contributed by atoms with Crippen LogP contribution in [-0.4, -0.2) is 50.3 Å². The van der Waals surface area contributed by atoms with E-state index >= 15 is 0 Å². The maximum Gasteiger partial charge on any atom is 0.414 e. The van der Waals surface area contributed by atoms with Crippen LogP contribution in [0.5, 0.6) is 0 Å². The third-order valence-corrected chi connectivity index (χ3v) is 5.30. The fourth-order valence-electron chi connectivity index (χ4n) is 3.79. The first-order valence-corrected chi connectivity index (χ1v) is 8.46. The summed E-state index contributed by atoms with van der Waals surface area (Å²) in [6.07, 6.45) is -0.970. The zero-order valence-corrected chi connectivity index (χ0v) is 13.9. The van der Waals surface area contributed by atoms with Gasteiger partial charge in [0, 0.05) is 26.1 Å². The van der Waals surface area contributed by atoms with Crippen molar-refractivity contribution in [1.29, 1.82) is 0 Å². The van der Waals surface area contributed by atoms with Crippen molar-refractivity contribution in [2.75, 3.05) is 36.0 Å². The molecule has 2 unspecified atom stereocenters. The normalized spacial score (nSPS) is 30.3. The lowest BCUT2D eigenvalue weighted by Gasteiger charge is -2.23. The molecule has 1 aromatic carbocycles. The van der Waals surface area contributed by atoms with Crippen molar-refractivity contribution < 1.29 is 18.7 Å². The second kappa shape index (κ2) is 5.87. The van der Waals surface area contributed by atoms with Crippen molar-refractivity contribution in [2.24, 2.45) is 17.6 Å². The lowest BCUT2D eigenvalue weighted by molar-refractivity contribution is -0.119. The number of amides is 2. The van der Waals surface area contributed by atoms with Gasteiger partial charge in [-0.05, 0) is 30.0 Å². The molecule has 1 saturated carbocycles. The molecule has 2 amide bonds. The minimum absolute atomic E-state index is 0.187. The number of nitrogens with zero attached hydrogens (tertiary/aromatic N) is 2. The van der Waals surface area contributed by atoms with Gasteiger partial charge in [0.1, 0.15) is 11.9 Å². The number of hydrogen-bond acceptors (Lipinski definition) is 5. The van der Waals surface area contributed by atoms with Gasteiger partial charge in [0.15, 0.2) is 0 Å². The zero-order valence-electron chi connectivity index (χ0n) is 13.9. The van der Waals surface area contributed by atoms with Crippen molar-refractivity contribution in [1.82, 2.24) is 5.32 Å². The third-order valence-electron chi connectivity index (χ3n) is 5.30. The summed E-state index contributed by atoms with van der Waals surface area (Å²) in [4.78, 5) is 26.4. The standard InChI is InChI=1S/C17H21FN4O3/c1-9(23)20-5-11-6-22(17(24)25-11)10-2-3-15(14(18)4-10)21-7-12-13(8-21)16(12)19/h2-4,11-13,16H,5-8,19H2,1H3,(H,20,23)/t11-,12?,13?,16?/m0/s1. The van der Waals surface area contributed by atoms with Crippen LogP contribution < -0.4 is 20.9 Å². The maximum atomic E-state index is 14.6. The number of carbonyl (C=O) groups is 2. The Morgan fingerprint density at radius 2 is 2.08 bits per heavy atom. The van der Waals surface area contributed by atoms with Crippen molar-refractivity contribution in [3.8, 4) is 0 Å². The Morgan fingerprint density at radius 3 is 2.72 bits per heavy atom. The molecule has 3 fully saturated rings. The number of rotatable bonds is 4. The highest BCUT2D eigenvalue weighted by Gasteiger charge is 2.53. The van der Waals surface area contributed by atoms with Crippen molar-refractivity contribution in [2.45, 2.75) is 19.1 Å². The number of cyclic esters (lactones) is 1. The van der Waals surface area contributed by atoms with Crippen LogP contribution in [0, 0.1) is 17.7 Å². The van der Waals surface area contributed by atoms with E-state index in [1.54, 1.807) is 12.1 Å². The van der Waals surface area contributed by atoms with E-state index in [4.69, 9.17) is 10.5 Å². The molecule has 25 heavy (non-hydrogen) atoms. The Bertz CT molecular complexity index is 716. The Hall–Kier alpha value is -2.35. The first-order chi connectivity index (χ1) is 11.9. The van der Waals surface area contributed by atoms with Gasteiger partial charge in [-0.2, -0.15) is 0 Å². The number of hydrogen-bond donors (Lipinski definition) is 2. The van der Waals surface area contributed by atoms with Crippen LogP contribution in [0.15, 0.2) is 18.2 Å². The Morgan fingerprint density at radius 1 is 1.36 bits per heavy atom. The van der Waals surface area contributed by atoms with Crippen LogP contribution in [-0.2, 0) is 9.53 Å². The average molecular weight is 348 g/mol. The topological polar surface area (TPSA) is 87.9 Å². The molecule has 0 radical (unpaired) electrons. The lowest BCUT2D eigenvalue weighted by Crippen LogP contribution is -2.33. The van der Waals surface area contributed by atoms with E-state index in [1.807, 2.05) is 4.90 Å². The van der Waals surface area contributed by atoms with Gasteiger partial charge < -0.3 is 20.7 Å². The third kappa shape index (κ3) is 2.90. The number of carbonyl (C=O) groups excluding carboxylic acids is 2. The molecule has 7 nitrogen and oxygen atoms in total. The SMILES string of the molecule is CC(=O)NC[C@H]1CN(c2ccc(N3CC4C(N)C4C3)c(F)c2)C(=O)O1. The number of nitrogens with one attached hydrogen (secondary N) is 1. The largest absolute Gasteiger partial charge is 0.442 e. The summed E-state index contributed by atoms with van der Waals surface area (Å²) in [6, 6.07) is 5.06. The molecule has 3 N–H and O–H groups in total. The molecule has 3 atom stereocenters. The summed E-state index contributed by atoms with van der Waals surface area (Å²) in [5.74, 6) is 0.406. The summed E-state index contributed by atoms with van der Waals surface area (Å²) in [6.45, 7) is 3.49. The molecular weight excluding hydrogens is 327 g/mol. The second-order valence-corrected chi connectivity index (χ2v) is 7.00. The van der Waals surface area contributed by atoms with Gasteiger partial charge in [0.2, 0.25) is 5.91 Å². The minimum atomic E-state index is -0.532. The molecule has 1 aromatic rings. The maximum absolute atomic E-state index is 14.6. The number of benzene rings is 1. The molecule has 3 aliphatic rings. The number of halogens is 1. The molecule has 4 rings (SSSR count). The predicted molar refractivity (Wildman–Crippen MR) is 89.9 cm³/mol. The van der Waals surface area contributed by atoms with Gasteiger partial charge in [-0.1, -0.05) is 0 Å². The first kappa shape index (κ1) is 16.1. The molecule has 0 spiro atoms. The van der Waals surface area contributed by atoms with Crippen LogP contribution >= 0.6 is 0 Å². The molecule has 0 bridgehead atoms. The first-order valence-electron chi connectivity index (χ1n) is 8.46. The van der Waals surface area contributed by atoms with Crippen LogP contribution in [0.25, 0.3) is 0 Å². The van der Waals surface area contributed by atoms with Crippen LogP contribution in [0.3, 0.4) is 0 Å². The molecule has 2 saturated heterocycles. The highest BCUT2D eigenvalue weighted by Crippen LogP contribution is 2.45. The zero-order chi connectivity index (χ0) is 17.7. The van der Waals surface area contributed by atoms with E-state index in [2.05, 4.69) is 5.32 Å². The molecule has 8 heteroatoms. The summed E-state index contributed by atoms with van der Waals surface area (Å²) >= 11 is 0. The highest BCUT2D eigenvalue weighted by atomic mass is 19.1.